The third-order valence-corrected chi connectivity index (χ3v) is 3.40. The molecule has 1 aromatic carbocycles. The van der Waals surface area contributed by atoms with Gasteiger partial charge in [0.1, 0.15) is 0 Å². The third kappa shape index (κ3) is 4.31. The number of nitrogens with zero attached hydrogens (tertiary/aromatic N) is 1. The van der Waals surface area contributed by atoms with Gasteiger partial charge in [-0.1, -0.05) is 18.2 Å². The van der Waals surface area contributed by atoms with Crippen LogP contribution in [0.25, 0.3) is 0 Å². The fourth-order valence-corrected chi connectivity index (χ4v) is 2.50. The van der Waals surface area contributed by atoms with E-state index in [2.05, 4.69) is 41.4 Å². The Bertz CT molecular complexity index is 327. The van der Waals surface area contributed by atoms with Crippen LogP contribution in [0.15, 0.2) is 30.3 Å². The van der Waals surface area contributed by atoms with E-state index in [0.29, 0.717) is 6.10 Å². The Kier molecular flexibility index (Phi) is 5.49. The Labute approximate surface area is 110 Å². The lowest BCUT2D eigenvalue weighted by atomic mass is 10.1. The molecule has 1 heterocycles. The predicted octanol–water partition coefficient (Wildman–Crippen LogP) is 2.60. The summed E-state index contributed by atoms with van der Waals surface area (Å²) in [5.74, 6) is 0. The zero-order chi connectivity index (χ0) is 12.6. The summed E-state index contributed by atoms with van der Waals surface area (Å²) in [6.45, 7) is 7.31. The van der Waals surface area contributed by atoms with Crippen molar-refractivity contribution in [3.8, 4) is 0 Å². The van der Waals surface area contributed by atoms with Crippen LogP contribution in [0.4, 0.5) is 5.69 Å². The van der Waals surface area contributed by atoms with Crippen molar-refractivity contribution in [2.24, 2.45) is 0 Å². The van der Waals surface area contributed by atoms with Gasteiger partial charge in [0, 0.05) is 31.9 Å². The number of rotatable bonds is 6. The number of anilines is 1. The van der Waals surface area contributed by atoms with Crippen LogP contribution >= 0.6 is 0 Å². The molecule has 1 atom stereocenters. The average Bonchev–Trinajstić information content (AvgIpc) is 2.41. The Balaban J connectivity index is 1.67. The fraction of sp³-hybridized carbons (Fsp3) is 0.600. The summed E-state index contributed by atoms with van der Waals surface area (Å²) in [5, 5.41) is 3.46. The van der Waals surface area contributed by atoms with Crippen molar-refractivity contribution >= 4 is 5.69 Å². The highest BCUT2D eigenvalue weighted by Crippen LogP contribution is 2.13. The molecule has 0 aliphatic carbocycles. The van der Waals surface area contributed by atoms with E-state index in [4.69, 9.17) is 4.74 Å². The van der Waals surface area contributed by atoms with Gasteiger partial charge in [-0.3, -0.25) is 4.90 Å². The van der Waals surface area contributed by atoms with Gasteiger partial charge in [-0.15, -0.1) is 0 Å². The van der Waals surface area contributed by atoms with Gasteiger partial charge in [-0.05, 0) is 38.4 Å². The Morgan fingerprint density at radius 2 is 2.17 bits per heavy atom. The molecule has 1 aromatic rings. The van der Waals surface area contributed by atoms with Crippen LogP contribution in [0.2, 0.25) is 0 Å². The monoisotopic (exact) mass is 248 g/mol. The zero-order valence-electron chi connectivity index (χ0n) is 11.3. The van der Waals surface area contributed by atoms with Crippen LogP contribution in [-0.2, 0) is 4.74 Å². The number of para-hydroxylation sites is 1. The number of benzene rings is 1. The number of hydrogen-bond acceptors (Lipinski definition) is 3. The molecule has 2 rings (SSSR count). The van der Waals surface area contributed by atoms with Crippen molar-refractivity contribution in [2.45, 2.75) is 25.9 Å². The van der Waals surface area contributed by atoms with E-state index in [1.54, 1.807) is 0 Å². The van der Waals surface area contributed by atoms with Gasteiger partial charge in [0.15, 0.2) is 0 Å². The van der Waals surface area contributed by atoms with Crippen LogP contribution in [0.5, 0.6) is 0 Å². The van der Waals surface area contributed by atoms with E-state index in [-0.39, 0.29) is 0 Å². The van der Waals surface area contributed by atoms with E-state index < -0.39 is 0 Å². The molecule has 1 aliphatic heterocycles. The topological polar surface area (TPSA) is 24.5 Å². The fourth-order valence-electron chi connectivity index (χ4n) is 2.50. The Morgan fingerprint density at radius 1 is 1.33 bits per heavy atom. The van der Waals surface area contributed by atoms with Gasteiger partial charge in [-0.25, -0.2) is 0 Å². The molecule has 1 fully saturated rings. The molecular formula is C15H24N2O. The number of ether oxygens (including phenoxy) is 1. The van der Waals surface area contributed by atoms with Crippen LogP contribution < -0.4 is 5.32 Å². The van der Waals surface area contributed by atoms with Gasteiger partial charge in [0.05, 0.1) is 6.10 Å². The van der Waals surface area contributed by atoms with E-state index >= 15 is 0 Å². The first kappa shape index (κ1) is 13.4. The Hall–Kier alpha value is -1.06. The van der Waals surface area contributed by atoms with Gasteiger partial charge in [-0.2, -0.15) is 0 Å². The molecule has 0 spiro atoms. The van der Waals surface area contributed by atoms with E-state index in [1.165, 1.54) is 25.1 Å². The van der Waals surface area contributed by atoms with Crippen LogP contribution in [0.3, 0.4) is 0 Å². The summed E-state index contributed by atoms with van der Waals surface area (Å²) in [5.41, 5.74) is 1.20. The van der Waals surface area contributed by atoms with Gasteiger partial charge in [0.25, 0.3) is 0 Å². The first-order valence-corrected chi connectivity index (χ1v) is 7.01. The second-order valence-electron chi connectivity index (χ2n) is 4.81. The number of nitrogens with one attached hydrogen (secondary N) is 1. The second kappa shape index (κ2) is 7.39. The summed E-state index contributed by atoms with van der Waals surface area (Å²) in [6.07, 6.45) is 2.92. The summed E-state index contributed by atoms with van der Waals surface area (Å²) in [7, 11) is 0. The maximum Gasteiger partial charge on any atom is 0.0702 e. The minimum atomic E-state index is 0.445. The highest BCUT2D eigenvalue weighted by Gasteiger charge is 2.19. The minimum absolute atomic E-state index is 0.445. The highest BCUT2D eigenvalue weighted by molar-refractivity contribution is 5.42. The summed E-state index contributed by atoms with van der Waals surface area (Å²) >= 11 is 0. The second-order valence-corrected chi connectivity index (χ2v) is 4.81. The molecule has 3 heteroatoms. The average molecular weight is 248 g/mol. The number of hydrogen-bond donors (Lipinski definition) is 1. The lowest BCUT2D eigenvalue weighted by Gasteiger charge is -2.32. The normalized spacial score (nSPS) is 20.8. The van der Waals surface area contributed by atoms with Gasteiger partial charge >= 0.3 is 0 Å². The molecule has 0 saturated carbocycles. The maximum absolute atomic E-state index is 5.72. The quantitative estimate of drug-likeness (QED) is 0.837. The van der Waals surface area contributed by atoms with Gasteiger partial charge < -0.3 is 10.1 Å². The zero-order valence-corrected chi connectivity index (χ0v) is 11.3. The van der Waals surface area contributed by atoms with E-state index in [1.807, 2.05) is 6.07 Å². The van der Waals surface area contributed by atoms with Crippen LogP contribution in [-0.4, -0.2) is 43.8 Å². The highest BCUT2D eigenvalue weighted by atomic mass is 16.5. The maximum atomic E-state index is 5.72. The molecule has 0 amide bonds. The number of piperidine rings is 1. The molecule has 3 nitrogen and oxygen atoms in total. The predicted molar refractivity (Wildman–Crippen MR) is 76.0 cm³/mol. The molecule has 0 aromatic heterocycles. The number of likely N-dealkylation sites (tertiary alicyclic amines) is 1. The SMILES string of the molecule is CCOC1CCCN(CCNc2ccccc2)C1. The molecule has 1 aliphatic rings. The van der Waals surface area contributed by atoms with Gasteiger partial charge in [0.2, 0.25) is 0 Å². The van der Waals surface area contributed by atoms with Crippen molar-refractivity contribution in [3.63, 3.8) is 0 Å². The summed E-state index contributed by atoms with van der Waals surface area (Å²) in [4.78, 5) is 2.50. The first-order valence-electron chi connectivity index (χ1n) is 7.01. The lowest BCUT2D eigenvalue weighted by molar-refractivity contribution is 0.00716. The summed E-state index contributed by atoms with van der Waals surface area (Å²) < 4.78 is 5.72. The van der Waals surface area contributed by atoms with E-state index in [0.717, 1.165) is 26.2 Å². The largest absolute Gasteiger partial charge is 0.384 e. The molecule has 1 unspecified atom stereocenters. The van der Waals surface area contributed by atoms with E-state index in [9.17, 15) is 0 Å². The first-order chi connectivity index (χ1) is 8.88. The Morgan fingerprint density at radius 3 is 2.94 bits per heavy atom. The molecule has 100 valence electrons. The van der Waals surface area contributed by atoms with Crippen molar-refractivity contribution in [3.05, 3.63) is 30.3 Å². The van der Waals surface area contributed by atoms with Crippen molar-refractivity contribution in [1.82, 2.24) is 4.90 Å². The van der Waals surface area contributed by atoms with Crippen LogP contribution in [0, 0.1) is 0 Å². The van der Waals surface area contributed by atoms with Crippen LogP contribution in [0.1, 0.15) is 19.8 Å². The smallest absolute Gasteiger partial charge is 0.0702 e. The summed E-state index contributed by atoms with van der Waals surface area (Å²) in [6, 6.07) is 10.4. The standard InChI is InChI=1S/C15H24N2O/c1-2-18-15-9-6-11-17(13-15)12-10-16-14-7-4-3-5-8-14/h3-5,7-8,15-16H,2,6,9-13H2,1H3. The van der Waals surface area contributed by atoms with Crippen molar-refractivity contribution in [1.29, 1.82) is 0 Å². The molecule has 1 N–H and O–H groups in total. The molecule has 0 bridgehead atoms. The lowest BCUT2D eigenvalue weighted by Crippen LogP contribution is -2.41. The minimum Gasteiger partial charge on any atom is -0.384 e. The molecule has 18 heavy (non-hydrogen) atoms. The van der Waals surface area contributed by atoms with Crippen molar-refractivity contribution in [2.75, 3.05) is 38.1 Å². The van der Waals surface area contributed by atoms with Crippen molar-refractivity contribution < 1.29 is 4.74 Å². The molecule has 1 saturated heterocycles. The molecule has 0 radical (unpaired) electrons. The third-order valence-electron chi connectivity index (χ3n) is 3.40. The molecular weight excluding hydrogens is 224 g/mol.